The van der Waals surface area contributed by atoms with Crippen molar-refractivity contribution in [3.8, 4) is 11.5 Å². The molecule has 0 saturated heterocycles. The number of anilines is 2. The molecule has 1 aromatic heterocycles. The van der Waals surface area contributed by atoms with E-state index in [1.165, 1.54) is 24.3 Å². The first kappa shape index (κ1) is 21.5. The van der Waals surface area contributed by atoms with Crippen molar-refractivity contribution in [2.24, 2.45) is 0 Å². The summed E-state index contributed by atoms with van der Waals surface area (Å²) >= 11 is 2.25. The molecule has 0 atom stereocenters. The summed E-state index contributed by atoms with van der Waals surface area (Å²) in [5, 5.41) is 24.2. The van der Waals surface area contributed by atoms with Crippen LogP contribution < -0.4 is 20.1 Å². The minimum Gasteiger partial charge on any atom is -0.486 e. The van der Waals surface area contributed by atoms with Crippen molar-refractivity contribution in [3.63, 3.8) is 0 Å². The van der Waals surface area contributed by atoms with E-state index in [2.05, 4.69) is 20.8 Å². The number of carbonyl (C=O) groups is 2. The number of benzene rings is 2. The second-order valence-electron chi connectivity index (χ2n) is 6.33. The zero-order valence-corrected chi connectivity index (χ0v) is 17.9. The van der Waals surface area contributed by atoms with Crippen LogP contribution in [-0.2, 0) is 4.79 Å². The Morgan fingerprint density at radius 3 is 2.72 bits per heavy atom. The van der Waals surface area contributed by atoms with E-state index in [4.69, 9.17) is 9.47 Å². The molecular weight excluding hydrogens is 458 g/mol. The summed E-state index contributed by atoms with van der Waals surface area (Å²) in [6.07, 6.45) is 0. The predicted octanol–water partition coefficient (Wildman–Crippen LogP) is 3.20. The van der Waals surface area contributed by atoms with Gasteiger partial charge in [0, 0.05) is 29.4 Å². The van der Waals surface area contributed by atoms with Gasteiger partial charge in [0.05, 0.1) is 10.7 Å². The molecule has 13 heteroatoms. The molecule has 2 heterocycles. The van der Waals surface area contributed by atoms with Crippen LogP contribution >= 0.6 is 23.1 Å². The lowest BCUT2D eigenvalue weighted by molar-refractivity contribution is -0.384. The van der Waals surface area contributed by atoms with Crippen molar-refractivity contribution in [1.82, 2.24) is 10.2 Å². The fraction of sp³-hybridized carbons (Fsp3) is 0.158. The van der Waals surface area contributed by atoms with Crippen molar-refractivity contribution in [1.29, 1.82) is 0 Å². The molecule has 2 aromatic carbocycles. The molecule has 32 heavy (non-hydrogen) atoms. The number of hydrogen-bond donors (Lipinski definition) is 2. The van der Waals surface area contributed by atoms with Crippen LogP contribution in [0.1, 0.15) is 10.4 Å². The molecule has 0 fully saturated rings. The fourth-order valence-electron chi connectivity index (χ4n) is 2.69. The molecule has 0 saturated carbocycles. The molecule has 1 aliphatic rings. The van der Waals surface area contributed by atoms with Gasteiger partial charge in [0.2, 0.25) is 11.0 Å². The minimum absolute atomic E-state index is 0.0852. The van der Waals surface area contributed by atoms with E-state index in [1.807, 2.05) is 0 Å². The Labute approximate surface area is 189 Å². The molecule has 11 nitrogen and oxygen atoms in total. The van der Waals surface area contributed by atoms with Crippen LogP contribution in [0, 0.1) is 10.1 Å². The maximum atomic E-state index is 12.3. The Morgan fingerprint density at radius 1 is 1.09 bits per heavy atom. The van der Waals surface area contributed by atoms with Gasteiger partial charge in [-0.2, -0.15) is 0 Å². The Hall–Kier alpha value is -3.71. The highest BCUT2D eigenvalue weighted by atomic mass is 32.2. The number of nitrogens with one attached hydrogen (secondary N) is 2. The lowest BCUT2D eigenvalue weighted by Crippen LogP contribution is -2.17. The van der Waals surface area contributed by atoms with Crippen molar-refractivity contribution in [2.75, 3.05) is 29.6 Å². The average molecular weight is 473 g/mol. The molecule has 0 unspecified atom stereocenters. The van der Waals surface area contributed by atoms with E-state index >= 15 is 0 Å². The highest BCUT2D eigenvalue weighted by Gasteiger charge is 2.16. The number of nitrogens with zero attached hydrogens (tertiary/aromatic N) is 3. The number of aromatic nitrogens is 2. The first-order valence-electron chi connectivity index (χ1n) is 9.19. The minimum atomic E-state index is -0.577. The normalized spacial score (nSPS) is 12.1. The second kappa shape index (κ2) is 9.62. The van der Waals surface area contributed by atoms with Crippen LogP contribution in [-0.4, -0.2) is 45.9 Å². The fourth-order valence-corrected chi connectivity index (χ4v) is 4.24. The third kappa shape index (κ3) is 5.31. The molecule has 2 N–H and O–H groups in total. The highest BCUT2D eigenvalue weighted by molar-refractivity contribution is 8.01. The van der Waals surface area contributed by atoms with Gasteiger partial charge in [-0.3, -0.25) is 25.0 Å². The monoisotopic (exact) mass is 473 g/mol. The largest absolute Gasteiger partial charge is 0.486 e. The van der Waals surface area contributed by atoms with Crippen LogP contribution in [0.4, 0.5) is 16.5 Å². The number of amides is 2. The molecule has 3 aromatic rings. The summed E-state index contributed by atoms with van der Waals surface area (Å²) in [6.45, 7) is 0.947. The molecular formula is C19H15N5O6S2. The summed E-state index contributed by atoms with van der Waals surface area (Å²) in [5.41, 5.74) is 0.527. The molecule has 2 amide bonds. The number of nitro groups is 1. The zero-order chi connectivity index (χ0) is 22.5. The first-order valence-corrected chi connectivity index (χ1v) is 11.0. The van der Waals surface area contributed by atoms with E-state index in [-0.39, 0.29) is 28.0 Å². The second-order valence-corrected chi connectivity index (χ2v) is 8.53. The van der Waals surface area contributed by atoms with Gasteiger partial charge in [0.15, 0.2) is 15.8 Å². The number of hydrogen-bond acceptors (Lipinski definition) is 10. The van der Waals surface area contributed by atoms with E-state index in [0.29, 0.717) is 34.7 Å². The number of nitro benzene ring substituents is 1. The Morgan fingerprint density at radius 2 is 1.91 bits per heavy atom. The Balaban J connectivity index is 1.29. The van der Waals surface area contributed by atoms with Gasteiger partial charge in [-0.15, -0.1) is 10.2 Å². The number of rotatable bonds is 7. The number of thioether (sulfide) groups is 1. The quantitative estimate of drug-likeness (QED) is 0.229. The number of ether oxygens (including phenoxy) is 2. The van der Waals surface area contributed by atoms with Crippen molar-refractivity contribution >= 4 is 51.4 Å². The van der Waals surface area contributed by atoms with Gasteiger partial charge in [-0.25, -0.2) is 0 Å². The third-order valence-electron chi connectivity index (χ3n) is 4.10. The molecule has 0 radical (unpaired) electrons. The Kier molecular flexibility index (Phi) is 6.47. The average Bonchev–Trinajstić information content (AvgIpc) is 3.25. The molecule has 4 rings (SSSR count). The summed E-state index contributed by atoms with van der Waals surface area (Å²) in [4.78, 5) is 34.8. The van der Waals surface area contributed by atoms with Crippen LogP contribution in [0.15, 0.2) is 46.8 Å². The van der Waals surface area contributed by atoms with Crippen LogP contribution in [0.25, 0.3) is 0 Å². The highest BCUT2D eigenvalue weighted by Crippen LogP contribution is 2.33. The van der Waals surface area contributed by atoms with Crippen molar-refractivity contribution in [3.05, 3.63) is 58.1 Å². The molecule has 0 bridgehead atoms. The maximum Gasteiger partial charge on any atom is 0.270 e. The third-order valence-corrected chi connectivity index (χ3v) is 6.07. The summed E-state index contributed by atoms with van der Waals surface area (Å²) in [5.74, 6) is 0.510. The van der Waals surface area contributed by atoms with Gasteiger partial charge < -0.3 is 14.8 Å². The smallest absolute Gasteiger partial charge is 0.270 e. The topological polar surface area (TPSA) is 146 Å². The predicted molar refractivity (Wildman–Crippen MR) is 118 cm³/mol. The number of fused-ring (bicyclic) bond motifs is 1. The van der Waals surface area contributed by atoms with Gasteiger partial charge in [0.25, 0.3) is 11.6 Å². The Bertz CT molecular complexity index is 1180. The summed E-state index contributed by atoms with van der Waals surface area (Å²) in [7, 11) is 0. The maximum absolute atomic E-state index is 12.3. The SMILES string of the molecule is O=C(CSc1nnc(NC(=O)c2cccc([N+](=O)[O-])c2)s1)Nc1ccc2c(c1)OCCO2. The van der Waals surface area contributed by atoms with Crippen LogP contribution in [0.5, 0.6) is 11.5 Å². The van der Waals surface area contributed by atoms with Gasteiger partial charge in [0.1, 0.15) is 13.2 Å². The van der Waals surface area contributed by atoms with Gasteiger partial charge in [-0.1, -0.05) is 29.2 Å². The van der Waals surface area contributed by atoms with Gasteiger partial charge in [-0.05, 0) is 18.2 Å². The van der Waals surface area contributed by atoms with Gasteiger partial charge >= 0.3 is 0 Å². The number of non-ortho nitro benzene ring substituents is 1. The van der Waals surface area contributed by atoms with Crippen LogP contribution in [0.2, 0.25) is 0 Å². The number of carbonyl (C=O) groups excluding carboxylic acids is 2. The molecule has 0 aliphatic carbocycles. The van der Waals surface area contributed by atoms with E-state index in [1.54, 1.807) is 18.2 Å². The van der Waals surface area contributed by atoms with Crippen molar-refractivity contribution < 1.29 is 24.0 Å². The van der Waals surface area contributed by atoms with E-state index < -0.39 is 10.8 Å². The summed E-state index contributed by atoms with van der Waals surface area (Å²) < 4.78 is 11.4. The summed E-state index contributed by atoms with van der Waals surface area (Å²) in [6, 6.07) is 10.5. The lowest BCUT2D eigenvalue weighted by Gasteiger charge is -2.18. The molecule has 0 spiro atoms. The first-order chi connectivity index (χ1) is 15.5. The van der Waals surface area contributed by atoms with E-state index in [9.17, 15) is 19.7 Å². The van der Waals surface area contributed by atoms with E-state index in [0.717, 1.165) is 23.1 Å². The molecule has 164 valence electrons. The lowest BCUT2D eigenvalue weighted by atomic mass is 10.2. The van der Waals surface area contributed by atoms with Crippen LogP contribution in [0.3, 0.4) is 0 Å². The van der Waals surface area contributed by atoms with Crippen molar-refractivity contribution in [2.45, 2.75) is 4.34 Å². The molecule has 1 aliphatic heterocycles. The zero-order valence-electron chi connectivity index (χ0n) is 16.3. The standard InChI is InChI=1S/C19H15N5O6S2/c25-16(20-12-4-5-14-15(9-12)30-7-6-29-14)10-31-19-23-22-18(32-19)21-17(26)11-2-1-3-13(8-11)24(27)28/h1-5,8-9H,6-7,10H2,(H,20,25)(H,21,22,26).